The van der Waals surface area contributed by atoms with Crippen LogP contribution in [0, 0.1) is 0 Å². The first kappa shape index (κ1) is 15.7. The molecule has 0 aromatic carbocycles. The van der Waals surface area contributed by atoms with Crippen LogP contribution in [0.2, 0.25) is 0 Å². The summed E-state index contributed by atoms with van der Waals surface area (Å²) in [6.45, 7) is 7.08. The average Bonchev–Trinajstić information content (AvgIpc) is 2.60. The van der Waals surface area contributed by atoms with Crippen molar-refractivity contribution in [2.24, 2.45) is 0 Å². The van der Waals surface area contributed by atoms with Crippen LogP contribution in [-0.2, 0) is 4.79 Å². The van der Waals surface area contributed by atoms with Crippen LogP contribution in [0.1, 0.15) is 39.5 Å². The summed E-state index contributed by atoms with van der Waals surface area (Å²) in [5.74, 6) is -0.729. The molecule has 3 unspecified atom stereocenters. The molecule has 0 spiro atoms. The summed E-state index contributed by atoms with van der Waals surface area (Å²) in [7, 11) is 2.24. The van der Waals surface area contributed by atoms with E-state index in [1.165, 1.54) is 19.3 Å². The molecule has 5 heteroatoms. The summed E-state index contributed by atoms with van der Waals surface area (Å²) in [5.41, 5.74) is 0. The number of hydrogen-bond acceptors (Lipinski definition) is 4. The highest BCUT2D eigenvalue weighted by Crippen LogP contribution is 2.28. The molecule has 0 aromatic heterocycles. The van der Waals surface area contributed by atoms with E-state index < -0.39 is 12.0 Å². The minimum atomic E-state index is -0.729. The normalized spacial score (nSPS) is 29.6. The Hall–Kier alpha value is -0.650. The second kappa shape index (κ2) is 6.87. The molecule has 2 fully saturated rings. The Morgan fingerprint density at radius 1 is 1.30 bits per heavy atom. The van der Waals surface area contributed by atoms with Gasteiger partial charge in [-0.3, -0.25) is 9.69 Å². The maximum absolute atomic E-state index is 11.3. The van der Waals surface area contributed by atoms with Crippen molar-refractivity contribution in [2.75, 3.05) is 26.7 Å². The lowest BCUT2D eigenvalue weighted by atomic mass is 10.1. The third-order valence-electron chi connectivity index (χ3n) is 4.80. The van der Waals surface area contributed by atoms with Gasteiger partial charge in [-0.2, -0.15) is 0 Å². The van der Waals surface area contributed by atoms with Gasteiger partial charge in [0.2, 0.25) is 0 Å². The predicted octanol–water partition coefficient (Wildman–Crippen LogP) is 0.996. The maximum atomic E-state index is 11.3. The van der Waals surface area contributed by atoms with Gasteiger partial charge in [0, 0.05) is 31.2 Å². The summed E-state index contributed by atoms with van der Waals surface area (Å²) in [4.78, 5) is 16.3. The molecule has 2 aliphatic heterocycles. The van der Waals surface area contributed by atoms with E-state index in [9.17, 15) is 9.90 Å². The van der Waals surface area contributed by atoms with Gasteiger partial charge in [0.15, 0.2) is 0 Å². The van der Waals surface area contributed by atoms with Gasteiger partial charge in [0.1, 0.15) is 6.04 Å². The van der Waals surface area contributed by atoms with Crippen molar-refractivity contribution in [3.05, 3.63) is 0 Å². The van der Waals surface area contributed by atoms with Crippen molar-refractivity contribution in [3.8, 4) is 0 Å². The zero-order chi connectivity index (χ0) is 14.7. The Balaban J connectivity index is 1.82. The van der Waals surface area contributed by atoms with Gasteiger partial charge in [-0.15, -0.1) is 0 Å². The van der Waals surface area contributed by atoms with Crippen LogP contribution in [0.3, 0.4) is 0 Å². The van der Waals surface area contributed by atoms with E-state index in [1.807, 2.05) is 13.8 Å². The van der Waals surface area contributed by atoms with Crippen molar-refractivity contribution >= 4 is 5.97 Å². The van der Waals surface area contributed by atoms with Gasteiger partial charge in [-0.25, -0.2) is 0 Å². The molecule has 116 valence electrons. The molecule has 0 aromatic rings. The number of fused-ring (bicyclic) bond motifs is 2. The van der Waals surface area contributed by atoms with E-state index in [2.05, 4.69) is 22.2 Å². The van der Waals surface area contributed by atoms with Crippen LogP contribution in [0.25, 0.3) is 0 Å². The molecule has 2 saturated heterocycles. The SMILES string of the molecule is CC(C)NC(CCN1CCC2CCC(C1)N2C)C(=O)O. The van der Waals surface area contributed by atoms with E-state index in [1.54, 1.807) is 0 Å². The van der Waals surface area contributed by atoms with Crippen molar-refractivity contribution in [1.29, 1.82) is 0 Å². The number of likely N-dealkylation sites (tertiary alicyclic amines) is 1. The molecule has 20 heavy (non-hydrogen) atoms. The smallest absolute Gasteiger partial charge is 0.320 e. The van der Waals surface area contributed by atoms with Crippen LogP contribution < -0.4 is 5.32 Å². The van der Waals surface area contributed by atoms with E-state index in [0.29, 0.717) is 12.5 Å². The molecule has 2 N–H and O–H groups in total. The first-order valence-corrected chi connectivity index (χ1v) is 7.90. The van der Waals surface area contributed by atoms with E-state index >= 15 is 0 Å². The predicted molar refractivity (Wildman–Crippen MR) is 79.9 cm³/mol. The van der Waals surface area contributed by atoms with Gasteiger partial charge in [-0.05, 0) is 39.3 Å². The minimum Gasteiger partial charge on any atom is -0.480 e. The molecule has 3 atom stereocenters. The summed E-state index contributed by atoms with van der Waals surface area (Å²) >= 11 is 0. The molecule has 0 aliphatic carbocycles. The molecule has 2 bridgehead atoms. The minimum absolute atomic E-state index is 0.211. The molecule has 2 rings (SSSR count). The molecule has 5 nitrogen and oxygen atoms in total. The number of likely N-dealkylation sites (N-methyl/N-ethyl adjacent to an activating group) is 1. The molecular formula is C15H29N3O2. The van der Waals surface area contributed by atoms with Crippen LogP contribution in [0.4, 0.5) is 0 Å². The maximum Gasteiger partial charge on any atom is 0.320 e. The molecule has 0 radical (unpaired) electrons. The number of nitrogens with one attached hydrogen (secondary N) is 1. The highest BCUT2D eigenvalue weighted by Gasteiger charge is 2.34. The fraction of sp³-hybridized carbons (Fsp3) is 0.933. The summed E-state index contributed by atoms with van der Waals surface area (Å²) in [5, 5.41) is 12.4. The summed E-state index contributed by atoms with van der Waals surface area (Å²) < 4.78 is 0. The Labute approximate surface area is 122 Å². The van der Waals surface area contributed by atoms with Gasteiger partial charge >= 0.3 is 5.97 Å². The van der Waals surface area contributed by atoms with Crippen LogP contribution in [0.15, 0.2) is 0 Å². The van der Waals surface area contributed by atoms with Crippen molar-refractivity contribution in [2.45, 2.75) is 63.7 Å². The molecule has 2 aliphatic rings. The van der Waals surface area contributed by atoms with Crippen molar-refractivity contribution in [3.63, 3.8) is 0 Å². The highest BCUT2D eigenvalue weighted by molar-refractivity contribution is 5.73. The van der Waals surface area contributed by atoms with Crippen molar-refractivity contribution < 1.29 is 9.90 Å². The van der Waals surface area contributed by atoms with Gasteiger partial charge in [-0.1, -0.05) is 13.8 Å². The monoisotopic (exact) mass is 283 g/mol. The molecule has 0 amide bonds. The summed E-state index contributed by atoms with van der Waals surface area (Å²) in [6.07, 6.45) is 4.54. The Bertz CT molecular complexity index is 335. The average molecular weight is 283 g/mol. The summed E-state index contributed by atoms with van der Waals surface area (Å²) in [6, 6.07) is 1.20. The quantitative estimate of drug-likeness (QED) is 0.761. The Morgan fingerprint density at radius 2 is 2.00 bits per heavy atom. The lowest BCUT2D eigenvalue weighted by Crippen LogP contribution is -2.44. The molecule has 2 heterocycles. The zero-order valence-electron chi connectivity index (χ0n) is 13.0. The van der Waals surface area contributed by atoms with Crippen LogP contribution in [0.5, 0.6) is 0 Å². The Kier molecular flexibility index (Phi) is 5.41. The number of rotatable bonds is 6. The van der Waals surface area contributed by atoms with Gasteiger partial charge in [0.05, 0.1) is 0 Å². The van der Waals surface area contributed by atoms with Gasteiger partial charge in [0.25, 0.3) is 0 Å². The fourth-order valence-corrected chi connectivity index (χ4v) is 3.57. The number of carboxylic acid groups (broad SMARTS) is 1. The van der Waals surface area contributed by atoms with Gasteiger partial charge < -0.3 is 15.3 Å². The lowest BCUT2D eigenvalue weighted by molar-refractivity contribution is -0.140. The third-order valence-corrected chi connectivity index (χ3v) is 4.80. The lowest BCUT2D eigenvalue weighted by Gasteiger charge is -2.27. The standard InChI is InChI=1S/C15H29N3O2/c1-11(2)16-14(15(19)20)7-9-18-8-6-12-4-5-13(10-18)17(12)3/h11-14,16H,4-10H2,1-3H3,(H,19,20). The van der Waals surface area contributed by atoms with E-state index in [0.717, 1.165) is 25.7 Å². The van der Waals surface area contributed by atoms with Crippen molar-refractivity contribution in [1.82, 2.24) is 15.1 Å². The fourth-order valence-electron chi connectivity index (χ4n) is 3.57. The third kappa shape index (κ3) is 3.93. The van der Waals surface area contributed by atoms with Crippen LogP contribution in [-0.4, -0.2) is 71.7 Å². The number of carboxylic acids is 1. The highest BCUT2D eigenvalue weighted by atomic mass is 16.4. The number of hydrogen-bond donors (Lipinski definition) is 2. The number of aliphatic carboxylic acids is 1. The largest absolute Gasteiger partial charge is 0.480 e. The number of nitrogens with zero attached hydrogens (tertiary/aromatic N) is 2. The van der Waals surface area contributed by atoms with E-state index in [4.69, 9.17) is 0 Å². The van der Waals surface area contributed by atoms with E-state index in [-0.39, 0.29) is 6.04 Å². The number of carbonyl (C=O) groups is 1. The topological polar surface area (TPSA) is 55.8 Å². The zero-order valence-corrected chi connectivity index (χ0v) is 13.0. The molecular weight excluding hydrogens is 254 g/mol. The second-order valence-electron chi connectivity index (χ2n) is 6.64. The Morgan fingerprint density at radius 3 is 2.65 bits per heavy atom. The first-order chi connectivity index (χ1) is 9.47. The second-order valence-corrected chi connectivity index (χ2v) is 6.64. The van der Waals surface area contributed by atoms with Crippen LogP contribution >= 0.6 is 0 Å². The molecule has 0 saturated carbocycles. The first-order valence-electron chi connectivity index (χ1n) is 7.90.